The summed E-state index contributed by atoms with van der Waals surface area (Å²) in [4.78, 5) is 23.5. The van der Waals surface area contributed by atoms with Crippen LogP contribution in [0.5, 0.6) is 11.5 Å². The van der Waals surface area contributed by atoms with Gasteiger partial charge in [-0.2, -0.15) is 0 Å². The zero-order chi connectivity index (χ0) is 28.0. The second-order valence-electron chi connectivity index (χ2n) is 8.38. The minimum absolute atomic E-state index is 0.122. The van der Waals surface area contributed by atoms with E-state index >= 15 is 0 Å². The van der Waals surface area contributed by atoms with E-state index in [2.05, 4.69) is 10.0 Å². The van der Waals surface area contributed by atoms with Crippen molar-refractivity contribution in [3.8, 4) is 11.5 Å². The molecule has 8 nitrogen and oxygen atoms in total. The molecule has 4 aromatic carbocycles. The Bertz CT molecular complexity index is 1610. The van der Waals surface area contributed by atoms with Gasteiger partial charge in [-0.05, 0) is 78.4 Å². The van der Waals surface area contributed by atoms with Gasteiger partial charge in [-0.1, -0.05) is 29.8 Å². The fourth-order valence-corrected chi connectivity index (χ4v) is 4.79. The van der Waals surface area contributed by atoms with Crippen LogP contribution in [0.1, 0.15) is 21.5 Å². The first-order valence-corrected chi connectivity index (χ1v) is 13.4. The highest BCUT2D eigenvalue weighted by molar-refractivity contribution is 7.89. The van der Waals surface area contributed by atoms with E-state index in [1.807, 2.05) is 0 Å². The smallest absolute Gasteiger partial charge is 0.307 e. The van der Waals surface area contributed by atoms with Gasteiger partial charge in [0.2, 0.25) is 10.0 Å². The van der Waals surface area contributed by atoms with E-state index in [-0.39, 0.29) is 23.8 Å². The highest BCUT2D eigenvalue weighted by Gasteiger charge is 2.16. The first-order chi connectivity index (χ1) is 18.6. The Morgan fingerprint density at radius 3 is 2.31 bits per heavy atom. The summed E-state index contributed by atoms with van der Waals surface area (Å²) in [5.41, 5.74) is 1.75. The maximum Gasteiger partial charge on any atom is 0.307 e. The topological polar surface area (TPSA) is 122 Å². The molecule has 4 rings (SSSR count). The summed E-state index contributed by atoms with van der Waals surface area (Å²) in [5.74, 6) is -1.26. The van der Waals surface area contributed by atoms with E-state index in [0.29, 0.717) is 38.9 Å². The monoisotopic (exact) mass is 568 g/mol. The number of hydrogen-bond acceptors (Lipinski definition) is 5. The van der Waals surface area contributed by atoms with Crippen LogP contribution in [0.25, 0.3) is 0 Å². The first-order valence-electron chi connectivity index (χ1n) is 11.5. The molecule has 0 bridgehead atoms. The van der Waals surface area contributed by atoms with Gasteiger partial charge in [0.15, 0.2) is 0 Å². The number of halogens is 2. The lowest BCUT2D eigenvalue weighted by molar-refractivity contribution is -0.136. The van der Waals surface area contributed by atoms with Gasteiger partial charge in [-0.25, -0.2) is 17.5 Å². The molecule has 4 aromatic rings. The molecule has 0 saturated heterocycles. The average Bonchev–Trinajstić information content (AvgIpc) is 2.89. The van der Waals surface area contributed by atoms with Crippen LogP contribution in [0.2, 0.25) is 5.02 Å². The van der Waals surface area contributed by atoms with Crippen LogP contribution in [0.15, 0.2) is 95.9 Å². The van der Waals surface area contributed by atoms with Crippen molar-refractivity contribution in [3.63, 3.8) is 0 Å². The molecular weight excluding hydrogens is 547 g/mol. The highest BCUT2D eigenvalue weighted by Crippen LogP contribution is 2.28. The average molecular weight is 569 g/mol. The van der Waals surface area contributed by atoms with E-state index in [4.69, 9.17) is 21.4 Å². The number of carbonyl (C=O) groups is 2. The largest absolute Gasteiger partial charge is 0.481 e. The molecule has 39 heavy (non-hydrogen) atoms. The van der Waals surface area contributed by atoms with Crippen molar-refractivity contribution in [2.45, 2.75) is 17.9 Å². The van der Waals surface area contributed by atoms with Crippen LogP contribution >= 0.6 is 11.6 Å². The van der Waals surface area contributed by atoms with E-state index in [0.717, 1.165) is 24.3 Å². The number of aliphatic carboxylic acids is 1. The number of carbonyl (C=O) groups excluding carboxylic acids is 1. The number of anilines is 1. The Labute approximate surface area is 229 Å². The number of carboxylic acid groups (broad SMARTS) is 1. The summed E-state index contributed by atoms with van der Waals surface area (Å²) in [7, 11) is -3.98. The zero-order valence-corrected chi connectivity index (χ0v) is 21.8. The standard InChI is InChI=1S/C28H22ClFN2O6S/c29-21-3-1-2-19(16-21)28(35)32-23-7-9-24(10-8-23)38-26-13-4-18(15-27(33)34)14-20(26)17-31-39(36,37)25-11-5-22(30)6-12-25/h1-14,16,31H,15,17H2,(H,32,35)(H,33,34). The third kappa shape index (κ3) is 7.64. The number of ether oxygens (including phenoxy) is 1. The number of sulfonamides is 1. The number of rotatable bonds is 10. The van der Waals surface area contributed by atoms with E-state index in [1.54, 1.807) is 60.7 Å². The molecule has 0 unspecified atom stereocenters. The van der Waals surface area contributed by atoms with Crippen molar-refractivity contribution < 1.29 is 32.2 Å². The normalized spacial score (nSPS) is 11.1. The Kier molecular flexibility index (Phi) is 8.60. The minimum Gasteiger partial charge on any atom is -0.481 e. The molecule has 0 fully saturated rings. The summed E-state index contributed by atoms with van der Waals surface area (Å²) in [6.07, 6.45) is -0.265. The van der Waals surface area contributed by atoms with Crippen LogP contribution in [0.4, 0.5) is 10.1 Å². The van der Waals surface area contributed by atoms with Crippen LogP contribution in [-0.4, -0.2) is 25.4 Å². The Morgan fingerprint density at radius 1 is 0.923 bits per heavy atom. The van der Waals surface area contributed by atoms with Gasteiger partial charge in [0, 0.05) is 28.4 Å². The number of carboxylic acids is 1. The number of nitrogens with one attached hydrogen (secondary N) is 2. The first kappa shape index (κ1) is 27.8. The molecule has 0 heterocycles. The predicted molar refractivity (Wildman–Crippen MR) is 144 cm³/mol. The molecule has 0 aromatic heterocycles. The fourth-order valence-electron chi connectivity index (χ4n) is 3.59. The van der Waals surface area contributed by atoms with Gasteiger partial charge in [0.1, 0.15) is 17.3 Å². The Hall–Kier alpha value is -4.25. The lowest BCUT2D eigenvalue weighted by atomic mass is 10.1. The highest BCUT2D eigenvalue weighted by atomic mass is 35.5. The van der Waals surface area contributed by atoms with Crippen molar-refractivity contribution >= 4 is 39.2 Å². The van der Waals surface area contributed by atoms with Crippen molar-refractivity contribution in [2.24, 2.45) is 0 Å². The number of benzene rings is 4. The Morgan fingerprint density at radius 2 is 1.64 bits per heavy atom. The second kappa shape index (κ2) is 12.1. The summed E-state index contributed by atoms with van der Waals surface area (Å²) in [6, 6.07) is 22.0. The maximum absolute atomic E-state index is 13.2. The van der Waals surface area contributed by atoms with Crippen LogP contribution in [0, 0.1) is 5.82 Å². The van der Waals surface area contributed by atoms with Gasteiger partial charge in [0.05, 0.1) is 11.3 Å². The van der Waals surface area contributed by atoms with Crippen molar-refractivity contribution in [1.29, 1.82) is 0 Å². The fraction of sp³-hybridized carbons (Fsp3) is 0.0714. The molecule has 0 aliphatic rings. The SMILES string of the molecule is O=C(O)Cc1ccc(Oc2ccc(NC(=O)c3cccc(Cl)c3)cc2)c(CNS(=O)(=O)c2ccc(F)cc2)c1. The third-order valence-corrected chi connectivity index (χ3v) is 7.14. The lowest BCUT2D eigenvalue weighted by Crippen LogP contribution is -2.23. The van der Waals surface area contributed by atoms with Crippen molar-refractivity contribution in [3.05, 3.63) is 119 Å². The molecule has 0 saturated carbocycles. The van der Waals surface area contributed by atoms with Crippen LogP contribution < -0.4 is 14.8 Å². The molecule has 200 valence electrons. The molecule has 0 atom stereocenters. The van der Waals surface area contributed by atoms with E-state index < -0.39 is 21.8 Å². The van der Waals surface area contributed by atoms with Crippen LogP contribution in [-0.2, 0) is 27.8 Å². The zero-order valence-electron chi connectivity index (χ0n) is 20.2. The van der Waals surface area contributed by atoms with Crippen molar-refractivity contribution in [2.75, 3.05) is 5.32 Å². The summed E-state index contributed by atoms with van der Waals surface area (Å²) in [6.45, 7) is -0.212. The molecule has 0 aliphatic heterocycles. The molecule has 0 spiro atoms. The molecular formula is C28H22ClFN2O6S. The van der Waals surface area contributed by atoms with Gasteiger partial charge in [-0.15, -0.1) is 0 Å². The summed E-state index contributed by atoms with van der Waals surface area (Å²) in [5, 5.41) is 12.4. The number of hydrogen-bond donors (Lipinski definition) is 3. The quantitative estimate of drug-likeness (QED) is 0.228. The lowest BCUT2D eigenvalue weighted by Gasteiger charge is -2.14. The summed E-state index contributed by atoms with van der Waals surface area (Å²) < 4.78 is 47.0. The molecule has 1 amide bonds. The predicted octanol–water partition coefficient (Wildman–Crippen LogP) is 5.63. The van der Waals surface area contributed by atoms with E-state index in [9.17, 15) is 22.4 Å². The van der Waals surface area contributed by atoms with E-state index in [1.165, 1.54) is 6.07 Å². The second-order valence-corrected chi connectivity index (χ2v) is 10.6. The molecule has 3 N–H and O–H groups in total. The molecule has 11 heteroatoms. The third-order valence-electron chi connectivity index (χ3n) is 5.48. The van der Waals surface area contributed by atoms with Crippen molar-refractivity contribution in [1.82, 2.24) is 4.72 Å². The van der Waals surface area contributed by atoms with Crippen LogP contribution in [0.3, 0.4) is 0 Å². The number of amides is 1. The van der Waals surface area contributed by atoms with Gasteiger partial charge < -0.3 is 15.2 Å². The van der Waals surface area contributed by atoms with Gasteiger partial charge in [0.25, 0.3) is 5.91 Å². The van der Waals surface area contributed by atoms with Gasteiger partial charge in [-0.3, -0.25) is 9.59 Å². The van der Waals surface area contributed by atoms with Gasteiger partial charge >= 0.3 is 5.97 Å². The molecule has 0 radical (unpaired) electrons. The summed E-state index contributed by atoms with van der Waals surface area (Å²) >= 11 is 5.94. The minimum atomic E-state index is -3.98. The maximum atomic E-state index is 13.2. The Balaban J connectivity index is 1.50. The molecule has 0 aliphatic carbocycles.